The summed E-state index contributed by atoms with van der Waals surface area (Å²) in [5.41, 5.74) is 3.45. The number of hydrogen-bond acceptors (Lipinski definition) is 4. The second kappa shape index (κ2) is 10.3. The van der Waals surface area contributed by atoms with Gasteiger partial charge in [-0.2, -0.15) is 0 Å². The van der Waals surface area contributed by atoms with Crippen molar-refractivity contribution in [1.82, 2.24) is 10.3 Å². The Morgan fingerprint density at radius 1 is 0.974 bits per heavy atom. The summed E-state index contributed by atoms with van der Waals surface area (Å²) in [6.07, 6.45) is 1.68. The molecule has 192 valence electrons. The molecule has 1 heterocycles. The van der Waals surface area contributed by atoms with Crippen molar-refractivity contribution in [3.63, 3.8) is 0 Å². The van der Waals surface area contributed by atoms with E-state index in [0.29, 0.717) is 22.1 Å². The van der Waals surface area contributed by atoms with E-state index < -0.39 is 11.6 Å². The molecule has 0 atom stereocenters. The summed E-state index contributed by atoms with van der Waals surface area (Å²) in [5, 5.41) is 6.91. The molecule has 0 unspecified atom stereocenters. The number of carbonyl (C=O) groups is 1. The molecule has 0 saturated carbocycles. The molecule has 1 aromatic heterocycles. The molecular formula is C31H26F2N2O2S. The largest absolute Gasteiger partial charge is 0.431 e. The highest BCUT2D eigenvalue weighted by Crippen LogP contribution is 2.41. The van der Waals surface area contributed by atoms with Crippen LogP contribution in [-0.2, 0) is 12.0 Å². The van der Waals surface area contributed by atoms with Crippen molar-refractivity contribution in [1.29, 1.82) is 0 Å². The first-order valence-electron chi connectivity index (χ1n) is 12.2. The molecular weight excluding hydrogens is 502 g/mol. The van der Waals surface area contributed by atoms with E-state index >= 15 is 0 Å². The van der Waals surface area contributed by atoms with Crippen LogP contribution in [0.5, 0.6) is 10.9 Å². The monoisotopic (exact) mass is 528 g/mol. The molecule has 7 heteroatoms. The van der Waals surface area contributed by atoms with E-state index in [1.54, 1.807) is 6.20 Å². The average Bonchev–Trinajstić information content (AvgIpc) is 3.41. The van der Waals surface area contributed by atoms with Gasteiger partial charge < -0.3 is 10.1 Å². The van der Waals surface area contributed by atoms with Crippen LogP contribution in [0, 0.1) is 11.6 Å². The number of halogens is 2. The molecule has 0 saturated heterocycles. The number of amides is 1. The highest BCUT2D eigenvalue weighted by molar-refractivity contribution is 7.11. The van der Waals surface area contributed by atoms with E-state index in [-0.39, 0.29) is 17.9 Å². The van der Waals surface area contributed by atoms with Crippen LogP contribution in [-0.4, -0.2) is 10.9 Å². The van der Waals surface area contributed by atoms with E-state index in [1.165, 1.54) is 17.4 Å². The second-order valence-corrected chi connectivity index (χ2v) is 10.9. The van der Waals surface area contributed by atoms with Gasteiger partial charge in [-0.25, -0.2) is 13.8 Å². The fraction of sp³-hybridized carbons (Fsp3) is 0.161. The Balaban J connectivity index is 1.66. The average molecular weight is 529 g/mol. The minimum Gasteiger partial charge on any atom is -0.431 e. The molecule has 0 fully saturated rings. The number of carbonyl (C=O) groups excluding carboxylic acids is 1. The lowest BCUT2D eigenvalue weighted by molar-refractivity contribution is 0.0950. The van der Waals surface area contributed by atoms with Gasteiger partial charge >= 0.3 is 0 Å². The van der Waals surface area contributed by atoms with Gasteiger partial charge in [-0.3, -0.25) is 4.79 Å². The number of aromatic nitrogens is 1. The fourth-order valence-electron chi connectivity index (χ4n) is 4.59. The van der Waals surface area contributed by atoms with Gasteiger partial charge in [0, 0.05) is 18.1 Å². The molecule has 5 aromatic rings. The summed E-state index contributed by atoms with van der Waals surface area (Å²) in [4.78, 5) is 18.1. The van der Waals surface area contributed by atoms with Gasteiger partial charge in [0.15, 0.2) is 11.6 Å². The zero-order chi connectivity index (χ0) is 26.9. The Morgan fingerprint density at radius 3 is 2.45 bits per heavy atom. The van der Waals surface area contributed by atoms with Crippen LogP contribution in [0.3, 0.4) is 0 Å². The third kappa shape index (κ3) is 5.29. The molecule has 0 radical (unpaired) electrons. The van der Waals surface area contributed by atoms with Crippen molar-refractivity contribution in [3.05, 3.63) is 113 Å². The van der Waals surface area contributed by atoms with Crippen molar-refractivity contribution in [2.45, 2.75) is 32.7 Å². The highest BCUT2D eigenvalue weighted by Gasteiger charge is 2.28. The summed E-state index contributed by atoms with van der Waals surface area (Å²) < 4.78 is 33.1. The van der Waals surface area contributed by atoms with Crippen molar-refractivity contribution in [3.8, 4) is 22.1 Å². The summed E-state index contributed by atoms with van der Waals surface area (Å²) in [6, 6.07) is 21.3. The van der Waals surface area contributed by atoms with Gasteiger partial charge in [0.05, 0.1) is 5.56 Å². The summed E-state index contributed by atoms with van der Waals surface area (Å²) in [7, 11) is 0. The van der Waals surface area contributed by atoms with Crippen molar-refractivity contribution in [2.75, 3.05) is 0 Å². The minimum absolute atomic E-state index is 0.0575. The Morgan fingerprint density at radius 2 is 1.76 bits per heavy atom. The normalized spacial score (nSPS) is 11.5. The SMILES string of the molecule is CC(C)(C)c1c(-c2ccccc2)cc2cc(Oc3nccs3)ccc2c1C(=O)NCc1ccc(F)c(F)c1. The zero-order valence-corrected chi connectivity index (χ0v) is 22.0. The van der Waals surface area contributed by atoms with Crippen LogP contribution in [0.15, 0.2) is 84.4 Å². The van der Waals surface area contributed by atoms with Gasteiger partial charge in [-0.05, 0) is 74.8 Å². The highest BCUT2D eigenvalue weighted by atomic mass is 32.1. The van der Waals surface area contributed by atoms with Crippen LogP contribution < -0.4 is 10.1 Å². The standard InChI is InChI=1S/C31H26F2N2O2S/c1-31(2,3)28-24(20-7-5-4-6-8-20)17-21-16-22(37-30-34-13-14-38-30)10-11-23(21)27(28)29(36)35-18-19-9-12-25(32)26(33)15-19/h4-17H,18H2,1-3H3,(H,35,36). The third-order valence-corrected chi connectivity index (χ3v) is 6.87. The lowest BCUT2D eigenvalue weighted by Crippen LogP contribution is -2.28. The van der Waals surface area contributed by atoms with Gasteiger partial charge in [0.1, 0.15) is 5.75 Å². The molecule has 5 rings (SSSR count). The van der Waals surface area contributed by atoms with E-state index in [9.17, 15) is 13.6 Å². The number of ether oxygens (including phenoxy) is 1. The zero-order valence-electron chi connectivity index (χ0n) is 21.2. The molecule has 0 bridgehead atoms. The first-order valence-corrected chi connectivity index (χ1v) is 13.0. The van der Waals surface area contributed by atoms with Crippen molar-refractivity contribution >= 4 is 28.0 Å². The summed E-state index contributed by atoms with van der Waals surface area (Å²) in [5.74, 6) is -1.55. The van der Waals surface area contributed by atoms with Gasteiger partial charge in [0.25, 0.3) is 11.1 Å². The molecule has 4 nitrogen and oxygen atoms in total. The third-order valence-electron chi connectivity index (χ3n) is 6.23. The number of rotatable bonds is 6. The maximum absolute atomic E-state index is 13.9. The topological polar surface area (TPSA) is 51.2 Å². The Labute approximate surface area is 223 Å². The van der Waals surface area contributed by atoms with Gasteiger partial charge in [-0.1, -0.05) is 68.5 Å². The quantitative estimate of drug-likeness (QED) is 0.241. The van der Waals surface area contributed by atoms with Crippen molar-refractivity contribution < 1.29 is 18.3 Å². The Kier molecular flexibility index (Phi) is 6.95. The van der Waals surface area contributed by atoms with E-state index in [1.807, 2.05) is 53.9 Å². The first-order chi connectivity index (χ1) is 18.2. The minimum atomic E-state index is -0.948. The van der Waals surface area contributed by atoms with Crippen LogP contribution in [0.25, 0.3) is 21.9 Å². The molecule has 0 aliphatic rings. The van der Waals surface area contributed by atoms with Gasteiger partial charge in [-0.15, -0.1) is 0 Å². The first kappa shape index (κ1) is 25.5. The van der Waals surface area contributed by atoms with Crippen LogP contribution in [0.4, 0.5) is 8.78 Å². The molecule has 4 aromatic carbocycles. The Hall–Kier alpha value is -4.10. The number of nitrogens with zero attached hydrogens (tertiary/aromatic N) is 1. The van der Waals surface area contributed by atoms with Crippen molar-refractivity contribution in [2.24, 2.45) is 0 Å². The summed E-state index contributed by atoms with van der Waals surface area (Å²) >= 11 is 1.40. The van der Waals surface area contributed by atoms with Crippen LogP contribution in [0.2, 0.25) is 0 Å². The molecule has 0 aliphatic carbocycles. The van der Waals surface area contributed by atoms with E-state index in [4.69, 9.17) is 4.74 Å². The number of fused-ring (bicyclic) bond motifs is 1. The predicted molar refractivity (Wildman–Crippen MR) is 148 cm³/mol. The summed E-state index contributed by atoms with van der Waals surface area (Å²) in [6.45, 7) is 6.29. The number of hydrogen-bond donors (Lipinski definition) is 1. The van der Waals surface area contributed by atoms with Crippen LogP contribution in [0.1, 0.15) is 42.3 Å². The van der Waals surface area contributed by atoms with E-state index in [0.717, 1.165) is 39.6 Å². The molecule has 38 heavy (non-hydrogen) atoms. The maximum Gasteiger partial charge on any atom is 0.278 e. The van der Waals surface area contributed by atoms with Gasteiger partial charge in [0.2, 0.25) is 0 Å². The maximum atomic E-state index is 13.9. The fourth-order valence-corrected chi connectivity index (χ4v) is 5.09. The Bertz CT molecular complexity index is 1610. The number of nitrogens with one attached hydrogen (secondary N) is 1. The molecule has 0 aliphatic heterocycles. The molecule has 0 spiro atoms. The lowest BCUT2D eigenvalue weighted by Gasteiger charge is -2.28. The molecule has 1 amide bonds. The number of thiazole rings is 1. The van der Waals surface area contributed by atoms with Crippen LogP contribution >= 0.6 is 11.3 Å². The second-order valence-electron chi connectivity index (χ2n) is 10.0. The smallest absolute Gasteiger partial charge is 0.278 e. The van der Waals surface area contributed by atoms with E-state index in [2.05, 4.69) is 37.1 Å². The number of benzene rings is 4. The lowest BCUT2D eigenvalue weighted by atomic mass is 9.76. The molecule has 1 N–H and O–H groups in total. The predicted octanol–water partition coefficient (Wildman–Crippen LogP) is 8.26.